The molecule has 5 nitrogen and oxygen atoms in total. The molecule has 26 heavy (non-hydrogen) atoms. The van der Waals surface area contributed by atoms with Gasteiger partial charge in [0.25, 0.3) is 0 Å². The minimum atomic E-state index is 0.0722. The Morgan fingerprint density at radius 1 is 1.23 bits per heavy atom. The highest BCUT2D eigenvalue weighted by molar-refractivity contribution is 5.80. The first-order valence-electron chi connectivity index (χ1n) is 10.3. The number of hydrogen-bond donors (Lipinski definition) is 2. The van der Waals surface area contributed by atoms with Crippen molar-refractivity contribution in [1.29, 1.82) is 0 Å². The van der Waals surface area contributed by atoms with Gasteiger partial charge in [-0.25, -0.2) is 0 Å². The second-order valence-electron chi connectivity index (χ2n) is 7.70. The largest absolute Gasteiger partial charge is 0.357 e. The van der Waals surface area contributed by atoms with E-state index in [9.17, 15) is 4.79 Å². The van der Waals surface area contributed by atoms with E-state index in [1.54, 1.807) is 16.7 Å². The molecule has 0 bridgehead atoms. The summed E-state index contributed by atoms with van der Waals surface area (Å²) < 4.78 is 1.76. The topological polar surface area (TPSA) is 58.4 Å². The number of hydrogen-bond acceptors (Lipinski definition) is 2. The SMILES string of the molecule is CCNC(=NCCCCn1ccccc1=O)NC1CCC(C(C)C)CC1. The Hall–Kier alpha value is -1.78. The Bertz CT molecular complexity index is 600. The fraction of sp³-hybridized carbons (Fsp3) is 0.714. The standard InChI is InChI=1S/C21H36N4O/c1-4-22-21(24-19-12-10-18(11-13-19)17(2)3)23-14-6-8-16-25-15-7-5-9-20(25)26/h5,7,9,15,17-19H,4,6,8,10-14,16H2,1-3H3,(H2,22,23,24). The van der Waals surface area contributed by atoms with E-state index in [2.05, 4.69) is 31.4 Å². The van der Waals surface area contributed by atoms with Crippen LogP contribution < -0.4 is 16.2 Å². The first-order chi connectivity index (χ1) is 12.6. The van der Waals surface area contributed by atoms with Crippen molar-refractivity contribution in [3.63, 3.8) is 0 Å². The third kappa shape index (κ3) is 6.85. The van der Waals surface area contributed by atoms with Crippen LogP contribution in [-0.4, -0.2) is 29.7 Å². The lowest BCUT2D eigenvalue weighted by molar-refractivity contribution is 0.250. The zero-order valence-corrected chi connectivity index (χ0v) is 16.7. The van der Waals surface area contributed by atoms with Crippen LogP contribution in [0.25, 0.3) is 0 Å². The molecule has 0 atom stereocenters. The molecule has 0 amide bonds. The lowest BCUT2D eigenvalue weighted by atomic mass is 9.80. The van der Waals surface area contributed by atoms with Gasteiger partial charge < -0.3 is 15.2 Å². The fourth-order valence-electron chi connectivity index (χ4n) is 3.67. The average molecular weight is 361 g/mol. The van der Waals surface area contributed by atoms with Crippen LogP contribution in [0.4, 0.5) is 0 Å². The van der Waals surface area contributed by atoms with E-state index in [0.29, 0.717) is 6.04 Å². The van der Waals surface area contributed by atoms with E-state index < -0.39 is 0 Å². The molecule has 0 radical (unpaired) electrons. The quantitative estimate of drug-likeness (QED) is 0.424. The molecule has 146 valence electrons. The van der Waals surface area contributed by atoms with Crippen LogP contribution in [0.1, 0.15) is 59.3 Å². The van der Waals surface area contributed by atoms with Crippen molar-refractivity contribution in [2.45, 2.75) is 71.9 Å². The van der Waals surface area contributed by atoms with E-state index in [4.69, 9.17) is 4.99 Å². The molecule has 0 aromatic carbocycles. The molecule has 2 rings (SSSR count). The molecule has 2 N–H and O–H groups in total. The average Bonchev–Trinajstić information content (AvgIpc) is 2.63. The molecule has 0 unspecified atom stereocenters. The molecule has 1 saturated carbocycles. The maximum absolute atomic E-state index is 11.7. The normalized spacial score (nSPS) is 21.0. The van der Waals surface area contributed by atoms with Gasteiger partial charge in [0.1, 0.15) is 0 Å². The van der Waals surface area contributed by atoms with Crippen molar-refractivity contribution in [2.24, 2.45) is 16.8 Å². The lowest BCUT2D eigenvalue weighted by Crippen LogP contribution is -2.45. The van der Waals surface area contributed by atoms with Gasteiger partial charge >= 0.3 is 0 Å². The zero-order valence-electron chi connectivity index (χ0n) is 16.7. The van der Waals surface area contributed by atoms with E-state index in [1.165, 1.54) is 25.7 Å². The molecule has 1 aliphatic rings. The van der Waals surface area contributed by atoms with Gasteiger partial charge in [-0.3, -0.25) is 9.79 Å². The highest BCUT2D eigenvalue weighted by Gasteiger charge is 2.23. The smallest absolute Gasteiger partial charge is 0.250 e. The predicted molar refractivity (Wildman–Crippen MR) is 110 cm³/mol. The molecule has 1 heterocycles. The lowest BCUT2D eigenvalue weighted by Gasteiger charge is -2.32. The van der Waals surface area contributed by atoms with Crippen LogP contribution in [0.15, 0.2) is 34.2 Å². The maximum atomic E-state index is 11.7. The summed E-state index contributed by atoms with van der Waals surface area (Å²) in [5, 5.41) is 6.98. The van der Waals surface area contributed by atoms with Crippen molar-refractivity contribution < 1.29 is 0 Å². The summed E-state index contributed by atoms with van der Waals surface area (Å²) in [6.07, 6.45) is 8.92. The molecule has 5 heteroatoms. The number of nitrogens with one attached hydrogen (secondary N) is 2. The molecule has 1 aromatic heterocycles. The molecular formula is C21H36N4O. The third-order valence-corrected chi connectivity index (χ3v) is 5.38. The number of nitrogens with zero attached hydrogens (tertiary/aromatic N) is 2. The van der Waals surface area contributed by atoms with Gasteiger partial charge in [0, 0.05) is 37.9 Å². The molecule has 1 fully saturated rings. The number of pyridine rings is 1. The Morgan fingerprint density at radius 2 is 2.00 bits per heavy atom. The third-order valence-electron chi connectivity index (χ3n) is 5.38. The molecule has 0 aliphatic heterocycles. The summed E-state index contributed by atoms with van der Waals surface area (Å²) in [5.74, 6) is 2.63. The Morgan fingerprint density at radius 3 is 2.65 bits per heavy atom. The van der Waals surface area contributed by atoms with Crippen molar-refractivity contribution >= 4 is 5.96 Å². The zero-order chi connectivity index (χ0) is 18.8. The molecule has 1 aliphatic carbocycles. The Kier molecular flexibility index (Phi) is 8.72. The monoisotopic (exact) mass is 360 g/mol. The van der Waals surface area contributed by atoms with Crippen molar-refractivity contribution in [3.05, 3.63) is 34.7 Å². The predicted octanol–water partition coefficient (Wildman–Crippen LogP) is 3.40. The van der Waals surface area contributed by atoms with E-state index in [0.717, 1.165) is 50.3 Å². The maximum Gasteiger partial charge on any atom is 0.250 e. The van der Waals surface area contributed by atoms with Gasteiger partial charge in [-0.2, -0.15) is 0 Å². The van der Waals surface area contributed by atoms with Gasteiger partial charge in [-0.1, -0.05) is 19.9 Å². The van der Waals surface area contributed by atoms with Crippen LogP contribution in [0.5, 0.6) is 0 Å². The van der Waals surface area contributed by atoms with Gasteiger partial charge in [0.2, 0.25) is 5.56 Å². The van der Waals surface area contributed by atoms with Gasteiger partial charge in [-0.15, -0.1) is 0 Å². The second-order valence-corrected chi connectivity index (χ2v) is 7.70. The summed E-state index contributed by atoms with van der Waals surface area (Å²) >= 11 is 0. The van der Waals surface area contributed by atoms with Gasteiger partial charge in [0.15, 0.2) is 5.96 Å². The fourth-order valence-corrected chi connectivity index (χ4v) is 3.67. The first kappa shape index (κ1) is 20.5. The number of aromatic nitrogens is 1. The summed E-state index contributed by atoms with van der Waals surface area (Å²) in [7, 11) is 0. The summed E-state index contributed by atoms with van der Waals surface area (Å²) in [4.78, 5) is 16.4. The van der Waals surface area contributed by atoms with Crippen LogP contribution in [0, 0.1) is 11.8 Å². The number of aryl methyl sites for hydroxylation is 1. The highest BCUT2D eigenvalue weighted by atomic mass is 16.1. The minimum Gasteiger partial charge on any atom is -0.357 e. The number of aliphatic imine (C=N–C) groups is 1. The van der Waals surface area contributed by atoms with Crippen molar-refractivity contribution in [2.75, 3.05) is 13.1 Å². The molecule has 0 saturated heterocycles. The number of unbranched alkanes of at least 4 members (excludes halogenated alkanes) is 1. The molecule has 1 aromatic rings. The van der Waals surface area contributed by atoms with Crippen LogP contribution in [0.3, 0.4) is 0 Å². The molecular weight excluding hydrogens is 324 g/mol. The summed E-state index contributed by atoms with van der Waals surface area (Å²) in [6, 6.07) is 5.84. The highest BCUT2D eigenvalue weighted by Crippen LogP contribution is 2.29. The Balaban J connectivity index is 1.72. The van der Waals surface area contributed by atoms with Crippen molar-refractivity contribution in [1.82, 2.24) is 15.2 Å². The Labute approximate surface area is 158 Å². The van der Waals surface area contributed by atoms with Crippen LogP contribution in [0.2, 0.25) is 0 Å². The van der Waals surface area contributed by atoms with E-state index in [1.807, 2.05) is 12.3 Å². The van der Waals surface area contributed by atoms with Crippen LogP contribution in [-0.2, 0) is 6.54 Å². The summed E-state index contributed by atoms with van der Waals surface area (Å²) in [5.41, 5.74) is 0.0722. The van der Waals surface area contributed by atoms with E-state index in [-0.39, 0.29) is 5.56 Å². The van der Waals surface area contributed by atoms with Gasteiger partial charge in [0.05, 0.1) is 0 Å². The first-order valence-corrected chi connectivity index (χ1v) is 10.3. The number of guanidine groups is 1. The summed E-state index contributed by atoms with van der Waals surface area (Å²) in [6.45, 7) is 9.22. The van der Waals surface area contributed by atoms with E-state index >= 15 is 0 Å². The molecule has 0 spiro atoms. The van der Waals surface area contributed by atoms with Crippen molar-refractivity contribution in [3.8, 4) is 0 Å². The minimum absolute atomic E-state index is 0.0722. The van der Waals surface area contributed by atoms with Crippen LogP contribution >= 0.6 is 0 Å². The number of rotatable bonds is 8. The van der Waals surface area contributed by atoms with Gasteiger partial charge in [-0.05, 0) is 63.4 Å². The second kappa shape index (κ2) is 11.0.